The Balaban J connectivity index is 2.04. The minimum atomic E-state index is 0.0797. The summed E-state index contributed by atoms with van der Waals surface area (Å²) in [5.74, 6) is 0.0797. The zero-order valence-electron chi connectivity index (χ0n) is 9.52. The van der Waals surface area contributed by atoms with Crippen LogP contribution in [0.3, 0.4) is 0 Å². The second-order valence-electron chi connectivity index (χ2n) is 4.15. The third-order valence-electron chi connectivity index (χ3n) is 3.07. The molecule has 1 aliphatic heterocycles. The predicted octanol–water partition coefficient (Wildman–Crippen LogP) is 0.906. The van der Waals surface area contributed by atoms with Gasteiger partial charge in [0.15, 0.2) is 0 Å². The lowest BCUT2D eigenvalue weighted by Crippen LogP contribution is -2.46. The number of likely N-dealkylation sites (N-methyl/N-ethyl adjacent to an activating group) is 1. The highest BCUT2D eigenvalue weighted by molar-refractivity contribution is 5.94. The van der Waals surface area contributed by atoms with Crippen LogP contribution in [0.2, 0.25) is 0 Å². The normalized spacial score (nSPS) is 20.4. The first-order chi connectivity index (χ1) is 7.79. The van der Waals surface area contributed by atoms with Gasteiger partial charge in [0.25, 0.3) is 5.91 Å². The van der Waals surface area contributed by atoms with Crippen LogP contribution in [0.25, 0.3) is 0 Å². The SMILES string of the molecule is CN(C(=O)c1ccncc1)C1CCCNC1. The number of carbonyl (C=O) groups excluding carboxylic acids is 1. The quantitative estimate of drug-likeness (QED) is 0.804. The fourth-order valence-corrected chi connectivity index (χ4v) is 2.03. The minimum Gasteiger partial charge on any atom is -0.337 e. The van der Waals surface area contributed by atoms with E-state index in [4.69, 9.17) is 0 Å². The molecule has 1 saturated heterocycles. The van der Waals surface area contributed by atoms with Crippen molar-refractivity contribution in [3.05, 3.63) is 30.1 Å². The molecule has 0 aromatic carbocycles. The number of nitrogens with zero attached hydrogens (tertiary/aromatic N) is 2. The maximum Gasteiger partial charge on any atom is 0.253 e. The highest BCUT2D eigenvalue weighted by Gasteiger charge is 2.22. The number of rotatable bonds is 2. The molecule has 0 bridgehead atoms. The van der Waals surface area contributed by atoms with Crippen molar-refractivity contribution < 1.29 is 4.79 Å². The molecular formula is C12H17N3O. The van der Waals surface area contributed by atoms with Gasteiger partial charge in [-0.15, -0.1) is 0 Å². The second kappa shape index (κ2) is 5.07. The molecule has 0 radical (unpaired) electrons. The molecule has 0 spiro atoms. The molecule has 1 aromatic heterocycles. The van der Waals surface area contributed by atoms with Crippen LogP contribution in [0.4, 0.5) is 0 Å². The molecule has 86 valence electrons. The van der Waals surface area contributed by atoms with Crippen molar-refractivity contribution >= 4 is 5.91 Å². The fraction of sp³-hybridized carbons (Fsp3) is 0.500. The molecular weight excluding hydrogens is 202 g/mol. The summed E-state index contributed by atoms with van der Waals surface area (Å²) in [6.07, 6.45) is 5.53. The van der Waals surface area contributed by atoms with Gasteiger partial charge < -0.3 is 10.2 Å². The maximum absolute atomic E-state index is 12.1. The van der Waals surface area contributed by atoms with Gasteiger partial charge in [-0.2, -0.15) is 0 Å². The standard InChI is InChI=1S/C12H17N3O/c1-15(11-3-2-6-14-9-11)12(16)10-4-7-13-8-5-10/h4-5,7-8,11,14H,2-3,6,9H2,1H3. The number of piperidine rings is 1. The third kappa shape index (κ3) is 2.39. The van der Waals surface area contributed by atoms with Crippen LogP contribution in [0.1, 0.15) is 23.2 Å². The second-order valence-corrected chi connectivity index (χ2v) is 4.15. The molecule has 16 heavy (non-hydrogen) atoms. The number of aromatic nitrogens is 1. The summed E-state index contributed by atoms with van der Waals surface area (Å²) in [5.41, 5.74) is 0.711. The summed E-state index contributed by atoms with van der Waals surface area (Å²) in [6.45, 7) is 1.96. The van der Waals surface area contributed by atoms with E-state index in [0.717, 1.165) is 25.9 Å². The van der Waals surface area contributed by atoms with E-state index in [1.54, 1.807) is 24.5 Å². The first kappa shape index (κ1) is 11.1. The van der Waals surface area contributed by atoms with Gasteiger partial charge in [-0.25, -0.2) is 0 Å². The molecule has 1 aliphatic rings. The lowest BCUT2D eigenvalue weighted by atomic mass is 10.1. The first-order valence-electron chi connectivity index (χ1n) is 5.67. The highest BCUT2D eigenvalue weighted by Crippen LogP contribution is 2.11. The van der Waals surface area contributed by atoms with Crippen LogP contribution in [0, 0.1) is 0 Å². The summed E-state index contributed by atoms with van der Waals surface area (Å²) in [5, 5.41) is 3.32. The topological polar surface area (TPSA) is 45.2 Å². The monoisotopic (exact) mass is 219 g/mol. The van der Waals surface area contributed by atoms with Crippen LogP contribution in [-0.4, -0.2) is 42.0 Å². The Morgan fingerprint density at radius 2 is 2.25 bits per heavy atom. The molecule has 0 saturated carbocycles. The molecule has 1 unspecified atom stereocenters. The van der Waals surface area contributed by atoms with Gasteiger partial charge in [-0.05, 0) is 31.5 Å². The summed E-state index contributed by atoms with van der Waals surface area (Å²) in [4.78, 5) is 17.9. The van der Waals surface area contributed by atoms with E-state index in [2.05, 4.69) is 10.3 Å². The number of hydrogen-bond acceptors (Lipinski definition) is 3. The van der Waals surface area contributed by atoms with E-state index in [1.165, 1.54) is 0 Å². The number of pyridine rings is 1. The summed E-state index contributed by atoms with van der Waals surface area (Å²) < 4.78 is 0. The van der Waals surface area contributed by atoms with Gasteiger partial charge in [0.05, 0.1) is 0 Å². The molecule has 4 nitrogen and oxygen atoms in total. The first-order valence-corrected chi connectivity index (χ1v) is 5.67. The number of amides is 1. The molecule has 0 aliphatic carbocycles. The Bertz CT molecular complexity index is 347. The van der Waals surface area contributed by atoms with Crippen molar-refractivity contribution in [1.82, 2.24) is 15.2 Å². The summed E-state index contributed by atoms with van der Waals surface area (Å²) in [7, 11) is 1.88. The fourth-order valence-electron chi connectivity index (χ4n) is 2.03. The van der Waals surface area contributed by atoms with E-state index in [9.17, 15) is 4.79 Å². The lowest BCUT2D eigenvalue weighted by molar-refractivity contribution is 0.0708. The molecule has 1 amide bonds. The van der Waals surface area contributed by atoms with Crippen LogP contribution in [0.5, 0.6) is 0 Å². The van der Waals surface area contributed by atoms with Crippen molar-refractivity contribution in [2.24, 2.45) is 0 Å². The number of nitrogens with one attached hydrogen (secondary N) is 1. The Labute approximate surface area is 95.7 Å². The number of hydrogen-bond donors (Lipinski definition) is 1. The average Bonchev–Trinajstić information content (AvgIpc) is 2.39. The molecule has 1 aromatic rings. The Morgan fingerprint density at radius 3 is 2.88 bits per heavy atom. The van der Waals surface area contributed by atoms with E-state index < -0.39 is 0 Å². The molecule has 1 atom stereocenters. The molecule has 1 fully saturated rings. The minimum absolute atomic E-state index is 0.0797. The molecule has 2 heterocycles. The Morgan fingerprint density at radius 1 is 1.50 bits per heavy atom. The molecule has 2 rings (SSSR count). The summed E-state index contributed by atoms with van der Waals surface area (Å²) >= 11 is 0. The van der Waals surface area contributed by atoms with E-state index >= 15 is 0 Å². The Hall–Kier alpha value is -1.42. The zero-order valence-corrected chi connectivity index (χ0v) is 9.52. The maximum atomic E-state index is 12.1. The van der Waals surface area contributed by atoms with Crippen molar-refractivity contribution in [2.75, 3.05) is 20.1 Å². The van der Waals surface area contributed by atoms with Crippen molar-refractivity contribution in [2.45, 2.75) is 18.9 Å². The van der Waals surface area contributed by atoms with Gasteiger partial charge in [0.2, 0.25) is 0 Å². The van der Waals surface area contributed by atoms with Gasteiger partial charge in [0, 0.05) is 37.6 Å². The van der Waals surface area contributed by atoms with E-state index in [0.29, 0.717) is 11.6 Å². The van der Waals surface area contributed by atoms with Crippen LogP contribution in [-0.2, 0) is 0 Å². The Kier molecular flexibility index (Phi) is 3.51. The van der Waals surface area contributed by atoms with Crippen LogP contribution in [0.15, 0.2) is 24.5 Å². The third-order valence-corrected chi connectivity index (χ3v) is 3.07. The van der Waals surface area contributed by atoms with Crippen molar-refractivity contribution in [3.8, 4) is 0 Å². The van der Waals surface area contributed by atoms with Crippen LogP contribution < -0.4 is 5.32 Å². The average molecular weight is 219 g/mol. The smallest absolute Gasteiger partial charge is 0.253 e. The van der Waals surface area contributed by atoms with Gasteiger partial charge in [-0.1, -0.05) is 0 Å². The zero-order chi connectivity index (χ0) is 11.4. The van der Waals surface area contributed by atoms with Crippen molar-refractivity contribution in [1.29, 1.82) is 0 Å². The van der Waals surface area contributed by atoms with Gasteiger partial charge in [-0.3, -0.25) is 9.78 Å². The van der Waals surface area contributed by atoms with E-state index in [1.807, 2.05) is 11.9 Å². The van der Waals surface area contributed by atoms with Gasteiger partial charge >= 0.3 is 0 Å². The van der Waals surface area contributed by atoms with E-state index in [-0.39, 0.29) is 5.91 Å². The highest BCUT2D eigenvalue weighted by atomic mass is 16.2. The molecule has 1 N–H and O–H groups in total. The molecule has 4 heteroatoms. The predicted molar refractivity (Wildman–Crippen MR) is 62.2 cm³/mol. The van der Waals surface area contributed by atoms with Crippen LogP contribution >= 0.6 is 0 Å². The summed E-state index contributed by atoms with van der Waals surface area (Å²) in [6, 6.07) is 3.83. The van der Waals surface area contributed by atoms with Gasteiger partial charge in [0.1, 0.15) is 0 Å². The largest absolute Gasteiger partial charge is 0.337 e. The number of carbonyl (C=O) groups is 1. The lowest BCUT2D eigenvalue weighted by Gasteiger charge is -2.31. The van der Waals surface area contributed by atoms with Crippen molar-refractivity contribution in [3.63, 3.8) is 0 Å².